The van der Waals surface area contributed by atoms with Crippen LogP contribution in [0.3, 0.4) is 0 Å². The summed E-state index contributed by atoms with van der Waals surface area (Å²) in [7, 11) is 0. The van der Waals surface area contributed by atoms with Crippen molar-refractivity contribution in [1.29, 1.82) is 0 Å². The molecule has 0 radical (unpaired) electrons. The van der Waals surface area contributed by atoms with Crippen molar-refractivity contribution in [2.45, 2.75) is 37.6 Å². The van der Waals surface area contributed by atoms with Gasteiger partial charge >= 0.3 is 0 Å². The highest BCUT2D eigenvalue weighted by Gasteiger charge is 2.49. The van der Waals surface area contributed by atoms with Crippen molar-refractivity contribution in [3.05, 3.63) is 60.1 Å². The molecular weight excluding hydrogens is 274 g/mol. The van der Waals surface area contributed by atoms with E-state index in [9.17, 15) is 4.79 Å². The lowest BCUT2D eigenvalue weighted by Crippen LogP contribution is -2.38. The molecule has 0 spiro atoms. The van der Waals surface area contributed by atoms with Crippen LogP contribution >= 0.6 is 0 Å². The largest absolute Gasteiger partial charge is 0.469 e. The Morgan fingerprint density at radius 2 is 2.05 bits per heavy atom. The number of carbonyl (C=O) groups excluding carboxylic acids is 1. The summed E-state index contributed by atoms with van der Waals surface area (Å²) in [4.78, 5) is 14.9. The number of hydrogen-bond donors (Lipinski definition) is 0. The molecule has 3 heteroatoms. The standard InChI is InChI=1S/C19H21NO2/c21-19(17-13-16(17)18-9-5-11-22-18)20-10-4-8-15(20)12-14-6-2-1-3-7-14/h1-3,5-7,9,11,15-17H,4,8,10,12-13H2/t15-,16+,17-/m1/s1. The molecule has 1 aromatic carbocycles. The summed E-state index contributed by atoms with van der Waals surface area (Å²) >= 11 is 0. The highest BCUT2D eigenvalue weighted by molar-refractivity contribution is 5.83. The molecule has 22 heavy (non-hydrogen) atoms. The summed E-state index contributed by atoms with van der Waals surface area (Å²) in [5.74, 6) is 1.75. The Morgan fingerprint density at radius 3 is 2.82 bits per heavy atom. The van der Waals surface area contributed by atoms with Gasteiger partial charge in [-0.2, -0.15) is 0 Å². The Balaban J connectivity index is 1.42. The first-order valence-electron chi connectivity index (χ1n) is 8.21. The molecule has 1 saturated carbocycles. The predicted molar refractivity (Wildman–Crippen MR) is 84.4 cm³/mol. The first-order chi connectivity index (χ1) is 10.8. The molecule has 0 unspecified atom stereocenters. The van der Waals surface area contributed by atoms with E-state index in [-0.39, 0.29) is 5.92 Å². The lowest BCUT2D eigenvalue weighted by atomic mass is 10.0. The van der Waals surface area contributed by atoms with Crippen molar-refractivity contribution >= 4 is 5.91 Å². The van der Waals surface area contributed by atoms with Gasteiger partial charge in [-0.05, 0) is 43.4 Å². The second-order valence-electron chi connectivity index (χ2n) is 6.48. The zero-order valence-corrected chi connectivity index (χ0v) is 12.7. The molecule has 2 heterocycles. The van der Waals surface area contributed by atoms with Gasteiger partial charge in [0, 0.05) is 24.4 Å². The van der Waals surface area contributed by atoms with Gasteiger partial charge in [0.05, 0.1) is 6.26 Å². The molecule has 2 aromatic rings. The maximum atomic E-state index is 12.8. The van der Waals surface area contributed by atoms with Gasteiger partial charge in [0.25, 0.3) is 0 Å². The van der Waals surface area contributed by atoms with Crippen LogP contribution in [0, 0.1) is 5.92 Å². The molecular formula is C19H21NO2. The van der Waals surface area contributed by atoms with Gasteiger partial charge in [0.15, 0.2) is 0 Å². The molecule has 1 aliphatic carbocycles. The lowest BCUT2D eigenvalue weighted by Gasteiger charge is -2.25. The number of hydrogen-bond acceptors (Lipinski definition) is 2. The fourth-order valence-electron chi connectivity index (χ4n) is 3.72. The fourth-order valence-corrected chi connectivity index (χ4v) is 3.72. The topological polar surface area (TPSA) is 33.5 Å². The quantitative estimate of drug-likeness (QED) is 0.863. The van der Waals surface area contributed by atoms with Gasteiger partial charge in [0.2, 0.25) is 5.91 Å². The average Bonchev–Trinajstić information content (AvgIpc) is 2.96. The van der Waals surface area contributed by atoms with E-state index in [0.29, 0.717) is 17.9 Å². The number of amides is 1. The van der Waals surface area contributed by atoms with Crippen molar-refractivity contribution in [2.75, 3.05) is 6.54 Å². The number of likely N-dealkylation sites (tertiary alicyclic amines) is 1. The van der Waals surface area contributed by atoms with Crippen LogP contribution in [0.25, 0.3) is 0 Å². The van der Waals surface area contributed by atoms with Gasteiger partial charge < -0.3 is 9.32 Å². The number of furan rings is 1. The SMILES string of the molecule is O=C([C@@H]1C[C@@H]1c1ccco1)N1CCC[C@@H]1Cc1ccccc1. The fraction of sp³-hybridized carbons (Fsp3) is 0.421. The summed E-state index contributed by atoms with van der Waals surface area (Å²) in [6.45, 7) is 0.914. The monoisotopic (exact) mass is 295 g/mol. The summed E-state index contributed by atoms with van der Waals surface area (Å²) < 4.78 is 5.45. The van der Waals surface area contributed by atoms with Crippen molar-refractivity contribution in [2.24, 2.45) is 5.92 Å². The van der Waals surface area contributed by atoms with Crippen molar-refractivity contribution in [3.8, 4) is 0 Å². The molecule has 1 aliphatic heterocycles. The summed E-state index contributed by atoms with van der Waals surface area (Å²) in [5.41, 5.74) is 1.32. The van der Waals surface area contributed by atoms with Crippen LogP contribution < -0.4 is 0 Å². The van der Waals surface area contributed by atoms with Crippen LogP contribution in [-0.4, -0.2) is 23.4 Å². The Kier molecular flexibility index (Phi) is 3.49. The second-order valence-corrected chi connectivity index (χ2v) is 6.48. The van der Waals surface area contributed by atoms with E-state index < -0.39 is 0 Å². The second kappa shape index (κ2) is 5.64. The predicted octanol–water partition coefficient (Wildman–Crippen LogP) is 3.62. The van der Waals surface area contributed by atoms with E-state index in [1.165, 1.54) is 5.56 Å². The molecule has 2 fully saturated rings. The maximum absolute atomic E-state index is 12.8. The average molecular weight is 295 g/mol. The molecule has 1 aromatic heterocycles. The van der Waals surface area contributed by atoms with Crippen LogP contribution in [0.5, 0.6) is 0 Å². The molecule has 0 bridgehead atoms. The minimum Gasteiger partial charge on any atom is -0.469 e. The van der Waals surface area contributed by atoms with Gasteiger partial charge in [-0.1, -0.05) is 30.3 Å². The van der Waals surface area contributed by atoms with E-state index in [1.807, 2.05) is 18.2 Å². The van der Waals surface area contributed by atoms with Gasteiger partial charge in [-0.25, -0.2) is 0 Å². The smallest absolute Gasteiger partial charge is 0.226 e. The molecule has 4 rings (SSSR count). The first kappa shape index (κ1) is 13.6. The first-order valence-corrected chi connectivity index (χ1v) is 8.21. The van der Waals surface area contributed by atoms with Crippen LogP contribution in [0.4, 0.5) is 0 Å². The number of carbonyl (C=O) groups is 1. The minimum absolute atomic E-state index is 0.141. The van der Waals surface area contributed by atoms with E-state index in [0.717, 1.165) is 38.0 Å². The molecule has 3 nitrogen and oxygen atoms in total. The van der Waals surface area contributed by atoms with E-state index in [2.05, 4.69) is 29.2 Å². The Morgan fingerprint density at radius 1 is 1.18 bits per heavy atom. The molecule has 2 aliphatic rings. The highest BCUT2D eigenvalue weighted by Crippen LogP contribution is 2.49. The minimum atomic E-state index is 0.141. The molecule has 1 amide bonds. The van der Waals surface area contributed by atoms with Crippen molar-refractivity contribution in [3.63, 3.8) is 0 Å². The lowest BCUT2D eigenvalue weighted by molar-refractivity contribution is -0.133. The summed E-state index contributed by atoms with van der Waals surface area (Å²) in [5, 5.41) is 0. The zero-order chi connectivity index (χ0) is 14.9. The number of nitrogens with zero attached hydrogens (tertiary/aromatic N) is 1. The van der Waals surface area contributed by atoms with Crippen LogP contribution in [-0.2, 0) is 11.2 Å². The van der Waals surface area contributed by atoms with Gasteiger partial charge in [-0.3, -0.25) is 4.79 Å². The maximum Gasteiger partial charge on any atom is 0.226 e. The van der Waals surface area contributed by atoms with Crippen LogP contribution in [0.1, 0.15) is 36.5 Å². The van der Waals surface area contributed by atoms with Crippen LogP contribution in [0.2, 0.25) is 0 Å². The highest BCUT2D eigenvalue weighted by atomic mass is 16.3. The third-order valence-corrected chi connectivity index (χ3v) is 4.99. The summed E-state index contributed by atoms with van der Waals surface area (Å²) in [6, 6.07) is 14.8. The third-order valence-electron chi connectivity index (χ3n) is 4.99. The van der Waals surface area contributed by atoms with E-state index >= 15 is 0 Å². The van der Waals surface area contributed by atoms with Gasteiger partial charge in [-0.15, -0.1) is 0 Å². The molecule has 1 saturated heterocycles. The van der Waals surface area contributed by atoms with Crippen molar-refractivity contribution < 1.29 is 9.21 Å². The Bertz CT molecular complexity index is 635. The Hall–Kier alpha value is -2.03. The van der Waals surface area contributed by atoms with Crippen molar-refractivity contribution in [1.82, 2.24) is 4.90 Å². The van der Waals surface area contributed by atoms with E-state index in [1.54, 1.807) is 6.26 Å². The normalized spacial score (nSPS) is 27.1. The molecule has 0 N–H and O–H groups in total. The third kappa shape index (κ3) is 2.56. The molecule has 114 valence electrons. The number of rotatable bonds is 4. The number of benzene rings is 1. The zero-order valence-electron chi connectivity index (χ0n) is 12.7. The van der Waals surface area contributed by atoms with Crippen LogP contribution in [0.15, 0.2) is 53.1 Å². The summed E-state index contributed by atoms with van der Waals surface area (Å²) in [6.07, 6.45) is 5.87. The molecule has 3 atom stereocenters. The Labute approximate surface area is 130 Å². The van der Waals surface area contributed by atoms with E-state index in [4.69, 9.17) is 4.42 Å². The van der Waals surface area contributed by atoms with Gasteiger partial charge in [0.1, 0.15) is 5.76 Å².